The van der Waals surface area contributed by atoms with Crippen LogP contribution in [0, 0.1) is 5.92 Å². The summed E-state index contributed by atoms with van der Waals surface area (Å²) in [5.74, 6) is -0.719. The van der Waals surface area contributed by atoms with Gasteiger partial charge in [0.25, 0.3) is 0 Å². The fourth-order valence-electron chi connectivity index (χ4n) is 2.79. The highest BCUT2D eigenvalue weighted by Crippen LogP contribution is 2.20. The lowest BCUT2D eigenvalue weighted by atomic mass is 9.93. The van der Waals surface area contributed by atoms with E-state index in [1.54, 1.807) is 6.92 Å². The van der Waals surface area contributed by atoms with Gasteiger partial charge in [-0.2, -0.15) is 0 Å². The molecule has 4 nitrogen and oxygen atoms in total. The van der Waals surface area contributed by atoms with Gasteiger partial charge in [-0.05, 0) is 24.5 Å². The number of carbonyl (C=O) groups excluding carboxylic acids is 1. The summed E-state index contributed by atoms with van der Waals surface area (Å²) in [6, 6.07) is 7.76. The number of carboxylic acids is 1. The Morgan fingerprint density at radius 1 is 1.38 bits per heavy atom. The van der Waals surface area contributed by atoms with Crippen LogP contribution in [0.25, 0.3) is 0 Å². The van der Waals surface area contributed by atoms with Crippen molar-refractivity contribution in [2.24, 2.45) is 5.92 Å². The largest absolute Gasteiger partial charge is 0.481 e. The SMILES string of the molecule is CCC1CN(Cc2ccc(C(C)C(=O)O)cc2)CCC1=O. The third-order valence-electron chi connectivity index (χ3n) is 4.36. The fourth-order valence-corrected chi connectivity index (χ4v) is 2.79. The van der Waals surface area contributed by atoms with Crippen molar-refractivity contribution < 1.29 is 14.7 Å². The Hall–Kier alpha value is -1.68. The van der Waals surface area contributed by atoms with Gasteiger partial charge in [-0.25, -0.2) is 0 Å². The Balaban J connectivity index is 1.97. The quantitative estimate of drug-likeness (QED) is 0.905. The summed E-state index contributed by atoms with van der Waals surface area (Å²) >= 11 is 0. The summed E-state index contributed by atoms with van der Waals surface area (Å²) in [5.41, 5.74) is 1.99. The Morgan fingerprint density at radius 3 is 2.62 bits per heavy atom. The van der Waals surface area contributed by atoms with E-state index in [4.69, 9.17) is 5.11 Å². The van der Waals surface area contributed by atoms with Gasteiger partial charge in [0.05, 0.1) is 5.92 Å². The molecule has 2 atom stereocenters. The van der Waals surface area contributed by atoms with Crippen LogP contribution in [0.3, 0.4) is 0 Å². The van der Waals surface area contributed by atoms with Crippen molar-refractivity contribution in [2.45, 2.75) is 39.2 Å². The summed E-state index contributed by atoms with van der Waals surface area (Å²) in [7, 11) is 0. The van der Waals surface area contributed by atoms with Crippen molar-refractivity contribution in [3.05, 3.63) is 35.4 Å². The predicted octanol–water partition coefficient (Wildman–Crippen LogP) is 2.68. The van der Waals surface area contributed by atoms with Crippen LogP contribution in [0.4, 0.5) is 0 Å². The van der Waals surface area contributed by atoms with E-state index in [-0.39, 0.29) is 5.92 Å². The van der Waals surface area contributed by atoms with Crippen molar-refractivity contribution in [3.63, 3.8) is 0 Å². The molecule has 114 valence electrons. The van der Waals surface area contributed by atoms with Gasteiger partial charge in [0.15, 0.2) is 0 Å². The van der Waals surface area contributed by atoms with Crippen LogP contribution >= 0.6 is 0 Å². The van der Waals surface area contributed by atoms with Crippen LogP contribution < -0.4 is 0 Å². The molecule has 1 heterocycles. The van der Waals surface area contributed by atoms with E-state index in [9.17, 15) is 9.59 Å². The van der Waals surface area contributed by atoms with Crippen molar-refractivity contribution in [2.75, 3.05) is 13.1 Å². The molecule has 2 rings (SSSR count). The van der Waals surface area contributed by atoms with Gasteiger partial charge < -0.3 is 5.11 Å². The maximum Gasteiger partial charge on any atom is 0.310 e. The number of nitrogens with zero attached hydrogens (tertiary/aromatic N) is 1. The van der Waals surface area contributed by atoms with Crippen molar-refractivity contribution in [1.82, 2.24) is 4.90 Å². The number of benzene rings is 1. The third-order valence-corrected chi connectivity index (χ3v) is 4.36. The monoisotopic (exact) mass is 289 g/mol. The maximum absolute atomic E-state index is 11.7. The van der Waals surface area contributed by atoms with Crippen molar-refractivity contribution in [1.29, 1.82) is 0 Å². The number of carboxylic acid groups (broad SMARTS) is 1. The summed E-state index contributed by atoms with van der Waals surface area (Å²) in [4.78, 5) is 25.0. The molecule has 0 spiro atoms. The van der Waals surface area contributed by atoms with E-state index < -0.39 is 11.9 Å². The van der Waals surface area contributed by atoms with Crippen LogP contribution in [0.5, 0.6) is 0 Å². The van der Waals surface area contributed by atoms with Gasteiger partial charge in [-0.3, -0.25) is 14.5 Å². The number of aliphatic carboxylic acids is 1. The zero-order valence-corrected chi connectivity index (χ0v) is 12.7. The number of piperidine rings is 1. The molecule has 1 fully saturated rings. The minimum Gasteiger partial charge on any atom is -0.481 e. The van der Waals surface area contributed by atoms with Gasteiger partial charge in [-0.15, -0.1) is 0 Å². The van der Waals surface area contributed by atoms with Crippen LogP contribution in [-0.4, -0.2) is 34.8 Å². The van der Waals surface area contributed by atoms with Crippen LogP contribution in [-0.2, 0) is 16.1 Å². The first-order valence-corrected chi connectivity index (χ1v) is 7.58. The number of Topliss-reactive ketones (excluding diaryl/α,β-unsaturated/α-hetero) is 1. The molecule has 4 heteroatoms. The number of hydrogen-bond acceptors (Lipinski definition) is 3. The zero-order valence-electron chi connectivity index (χ0n) is 12.7. The first kappa shape index (κ1) is 15.7. The molecular weight excluding hydrogens is 266 g/mol. The Kier molecular flexibility index (Phi) is 5.12. The molecule has 0 bridgehead atoms. The maximum atomic E-state index is 11.7. The molecule has 2 unspecified atom stereocenters. The smallest absolute Gasteiger partial charge is 0.310 e. The Bertz CT molecular complexity index is 509. The molecule has 0 saturated carbocycles. The van der Waals surface area contributed by atoms with E-state index in [1.165, 1.54) is 5.56 Å². The van der Waals surface area contributed by atoms with E-state index in [0.29, 0.717) is 12.2 Å². The molecule has 21 heavy (non-hydrogen) atoms. The van der Waals surface area contributed by atoms with Crippen LogP contribution in [0.15, 0.2) is 24.3 Å². The zero-order chi connectivity index (χ0) is 15.4. The van der Waals surface area contributed by atoms with E-state index >= 15 is 0 Å². The summed E-state index contributed by atoms with van der Waals surface area (Å²) in [6.07, 6.45) is 1.55. The van der Waals surface area contributed by atoms with E-state index in [1.807, 2.05) is 24.3 Å². The predicted molar refractivity (Wildman–Crippen MR) is 81.2 cm³/mol. The van der Waals surface area contributed by atoms with Gasteiger partial charge in [0, 0.05) is 32.0 Å². The second-order valence-electron chi connectivity index (χ2n) is 5.86. The van der Waals surface area contributed by atoms with E-state index in [0.717, 1.165) is 31.6 Å². The molecule has 0 amide bonds. The number of likely N-dealkylation sites (tertiary alicyclic amines) is 1. The minimum atomic E-state index is -0.803. The lowest BCUT2D eigenvalue weighted by Crippen LogP contribution is -2.40. The highest BCUT2D eigenvalue weighted by molar-refractivity contribution is 5.82. The lowest BCUT2D eigenvalue weighted by molar-refractivity contribution is -0.138. The molecular formula is C17H23NO3. The van der Waals surface area contributed by atoms with Gasteiger partial charge >= 0.3 is 5.97 Å². The van der Waals surface area contributed by atoms with Gasteiger partial charge in [-0.1, -0.05) is 31.2 Å². The van der Waals surface area contributed by atoms with Gasteiger partial charge in [0.1, 0.15) is 5.78 Å². The average Bonchev–Trinajstić information content (AvgIpc) is 2.49. The second-order valence-corrected chi connectivity index (χ2v) is 5.86. The third kappa shape index (κ3) is 3.91. The molecule has 1 aliphatic heterocycles. The first-order chi connectivity index (χ1) is 10.0. The molecule has 1 aliphatic rings. The highest BCUT2D eigenvalue weighted by Gasteiger charge is 2.25. The molecule has 1 aromatic rings. The first-order valence-electron chi connectivity index (χ1n) is 7.58. The van der Waals surface area contributed by atoms with Crippen molar-refractivity contribution >= 4 is 11.8 Å². The molecule has 1 saturated heterocycles. The van der Waals surface area contributed by atoms with Crippen molar-refractivity contribution in [3.8, 4) is 0 Å². The lowest BCUT2D eigenvalue weighted by Gasteiger charge is -2.31. The highest BCUT2D eigenvalue weighted by atomic mass is 16.4. The molecule has 0 aromatic heterocycles. The average molecular weight is 289 g/mol. The number of rotatable bonds is 5. The summed E-state index contributed by atoms with van der Waals surface area (Å²) < 4.78 is 0. The molecule has 1 aromatic carbocycles. The Labute approximate surface area is 125 Å². The minimum absolute atomic E-state index is 0.171. The fraction of sp³-hybridized carbons (Fsp3) is 0.529. The summed E-state index contributed by atoms with van der Waals surface area (Å²) in [6.45, 7) is 6.24. The second kappa shape index (κ2) is 6.85. The molecule has 0 aliphatic carbocycles. The van der Waals surface area contributed by atoms with Crippen LogP contribution in [0.1, 0.15) is 43.7 Å². The van der Waals surface area contributed by atoms with Crippen LogP contribution in [0.2, 0.25) is 0 Å². The van der Waals surface area contributed by atoms with E-state index in [2.05, 4.69) is 11.8 Å². The van der Waals surface area contributed by atoms with Gasteiger partial charge in [0.2, 0.25) is 0 Å². The Morgan fingerprint density at radius 2 is 2.05 bits per heavy atom. The number of hydrogen-bond donors (Lipinski definition) is 1. The number of ketones is 1. The topological polar surface area (TPSA) is 57.6 Å². The normalized spacial score (nSPS) is 21.2. The molecule has 0 radical (unpaired) electrons. The standard InChI is InChI=1S/C17H23NO3/c1-3-14-11-18(9-8-16(14)19)10-13-4-6-15(7-5-13)12(2)17(20)21/h4-7,12,14H,3,8-11H2,1-2H3,(H,20,21). The summed E-state index contributed by atoms with van der Waals surface area (Å²) in [5, 5.41) is 9.01. The molecule has 1 N–H and O–H groups in total. The number of carbonyl (C=O) groups is 2.